The normalized spacial score (nSPS) is 17.7. The lowest BCUT2D eigenvalue weighted by Crippen LogP contribution is -2.33. The van der Waals surface area contributed by atoms with Crippen LogP contribution in [0.2, 0.25) is 0 Å². The van der Waals surface area contributed by atoms with Crippen molar-refractivity contribution in [2.45, 2.75) is 37.6 Å². The van der Waals surface area contributed by atoms with Crippen LogP contribution in [0.1, 0.15) is 41.9 Å². The summed E-state index contributed by atoms with van der Waals surface area (Å²) in [6.45, 7) is 0. The van der Waals surface area contributed by atoms with Crippen LogP contribution in [0.3, 0.4) is 0 Å². The molecule has 0 amide bonds. The molecular weight excluding hydrogens is 629 g/mol. The lowest BCUT2D eigenvalue weighted by molar-refractivity contribution is 0.560. The van der Waals surface area contributed by atoms with E-state index in [9.17, 15) is 0 Å². The lowest BCUT2D eigenvalue weighted by atomic mass is 9.85. The molecule has 0 radical (unpaired) electrons. The topological polar surface area (TPSA) is 8.17 Å². The summed E-state index contributed by atoms with van der Waals surface area (Å²) in [5, 5.41) is 5.26. The minimum atomic E-state index is 0.371. The minimum absolute atomic E-state index is 0.371. The Hall–Kier alpha value is -6.12. The maximum atomic E-state index is 2.68. The highest BCUT2D eigenvalue weighted by molar-refractivity contribution is 6.10. The summed E-state index contributed by atoms with van der Waals surface area (Å²) < 4.78 is 2.42. The van der Waals surface area contributed by atoms with Crippen LogP contribution in [0.5, 0.6) is 0 Å². The number of hydrogen-bond donors (Lipinski definition) is 0. The molecule has 2 aliphatic carbocycles. The van der Waals surface area contributed by atoms with Crippen LogP contribution in [0.25, 0.3) is 66.6 Å². The van der Waals surface area contributed by atoms with Crippen molar-refractivity contribution in [3.8, 4) is 27.9 Å². The fourth-order valence-electron chi connectivity index (χ4n) is 9.46. The third-order valence-electron chi connectivity index (χ3n) is 11.9. The number of hydrogen-bond acceptors (Lipinski definition) is 1. The predicted molar refractivity (Wildman–Crippen MR) is 219 cm³/mol. The average molecular weight is 667 g/mol. The molecule has 2 heterocycles. The number of anilines is 1. The standard InChI is InChI=1S/C50H38N2/c1-2-10-33(11-3-1)34-20-25-39(26-21-34)51-47-16-8-6-14-42(47)45-30-37(23-28-49(45)51)38-24-29-50-46(31-38)43-15-7-9-17-48(43)52(50)40-27-22-36-19-18-35-12-4-5-13-41(35)44(36)32-40/h1-6,8-14,16-21,23-26,28-32,43,48H,7,15,22,27H2/t43?,48-/m1/s1. The Morgan fingerprint density at radius 1 is 0.538 bits per heavy atom. The molecule has 52 heavy (non-hydrogen) atoms. The zero-order chi connectivity index (χ0) is 34.2. The maximum absolute atomic E-state index is 2.68. The molecule has 0 saturated carbocycles. The van der Waals surface area contributed by atoms with Crippen LogP contribution in [-0.4, -0.2) is 10.6 Å². The maximum Gasteiger partial charge on any atom is 0.0588 e. The molecule has 0 bridgehead atoms. The molecule has 2 nitrogen and oxygen atoms in total. The van der Waals surface area contributed by atoms with E-state index in [1.165, 1.54) is 95.0 Å². The third kappa shape index (κ3) is 4.57. The van der Waals surface area contributed by atoms with Gasteiger partial charge in [0, 0.05) is 33.8 Å². The molecule has 0 saturated heterocycles. The minimum Gasteiger partial charge on any atom is -0.337 e. The summed E-state index contributed by atoms with van der Waals surface area (Å²) >= 11 is 0. The van der Waals surface area contributed by atoms with E-state index >= 15 is 0 Å². The molecule has 11 rings (SSSR count). The summed E-state index contributed by atoms with van der Waals surface area (Å²) in [6, 6.07) is 56.7. The molecule has 2 heteroatoms. The number of allylic oxidation sites excluding steroid dienone is 2. The van der Waals surface area contributed by atoms with Crippen molar-refractivity contribution < 1.29 is 0 Å². The van der Waals surface area contributed by atoms with Crippen molar-refractivity contribution >= 4 is 44.3 Å². The number of aryl methyl sites for hydroxylation is 1. The Morgan fingerprint density at radius 2 is 1.27 bits per heavy atom. The van der Waals surface area contributed by atoms with Crippen molar-refractivity contribution in [1.82, 2.24) is 4.57 Å². The van der Waals surface area contributed by atoms with Gasteiger partial charge >= 0.3 is 0 Å². The van der Waals surface area contributed by atoms with Crippen molar-refractivity contribution in [2.24, 2.45) is 0 Å². The van der Waals surface area contributed by atoms with Gasteiger partial charge in [0.2, 0.25) is 0 Å². The Bertz CT molecular complexity index is 2750. The molecule has 1 aromatic heterocycles. The van der Waals surface area contributed by atoms with E-state index in [0.717, 1.165) is 19.3 Å². The Morgan fingerprint density at radius 3 is 2.17 bits per heavy atom. The molecule has 0 spiro atoms. The molecule has 0 N–H and O–H groups in total. The molecule has 0 fully saturated rings. The Kier molecular flexibility index (Phi) is 6.67. The van der Waals surface area contributed by atoms with Gasteiger partial charge in [-0.1, -0.05) is 121 Å². The fourth-order valence-corrected chi connectivity index (χ4v) is 9.46. The van der Waals surface area contributed by atoms with Crippen LogP contribution in [0.4, 0.5) is 5.69 Å². The molecule has 248 valence electrons. The largest absolute Gasteiger partial charge is 0.337 e. The van der Waals surface area contributed by atoms with Gasteiger partial charge in [-0.25, -0.2) is 0 Å². The summed E-state index contributed by atoms with van der Waals surface area (Å²) in [6.07, 6.45) is 11.9. The van der Waals surface area contributed by atoms with Gasteiger partial charge in [-0.3, -0.25) is 0 Å². The number of aromatic nitrogens is 1. The molecule has 2 atom stereocenters. The lowest BCUT2D eigenvalue weighted by Gasteiger charge is -2.34. The van der Waals surface area contributed by atoms with Gasteiger partial charge in [0.25, 0.3) is 0 Å². The second kappa shape index (κ2) is 11.7. The van der Waals surface area contributed by atoms with Crippen LogP contribution in [0, 0.1) is 0 Å². The highest BCUT2D eigenvalue weighted by Crippen LogP contribution is 2.50. The van der Waals surface area contributed by atoms with E-state index in [1.54, 1.807) is 0 Å². The first-order valence-corrected chi connectivity index (χ1v) is 18.8. The van der Waals surface area contributed by atoms with Crippen molar-refractivity contribution in [3.63, 3.8) is 0 Å². The second-order valence-corrected chi connectivity index (χ2v) is 14.7. The van der Waals surface area contributed by atoms with Crippen LogP contribution >= 0.6 is 0 Å². The Balaban J connectivity index is 0.999. The summed E-state index contributed by atoms with van der Waals surface area (Å²) in [4.78, 5) is 2.68. The fraction of sp³-hybridized carbons (Fsp3) is 0.120. The summed E-state index contributed by atoms with van der Waals surface area (Å²) in [5.74, 6) is 0.499. The molecule has 1 aliphatic heterocycles. The highest BCUT2D eigenvalue weighted by Gasteiger charge is 2.40. The molecular formula is C50H38N2. The van der Waals surface area contributed by atoms with Crippen molar-refractivity contribution in [2.75, 3.05) is 4.90 Å². The summed E-state index contributed by atoms with van der Waals surface area (Å²) in [5.41, 5.74) is 15.9. The van der Waals surface area contributed by atoms with E-state index in [1.807, 2.05) is 0 Å². The van der Waals surface area contributed by atoms with E-state index < -0.39 is 0 Å². The zero-order valence-electron chi connectivity index (χ0n) is 29.0. The van der Waals surface area contributed by atoms with Gasteiger partial charge < -0.3 is 9.47 Å². The van der Waals surface area contributed by atoms with Gasteiger partial charge in [0.1, 0.15) is 0 Å². The smallest absolute Gasteiger partial charge is 0.0588 e. The van der Waals surface area contributed by atoms with Crippen molar-refractivity contribution in [1.29, 1.82) is 0 Å². The quantitative estimate of drug-likeness (QED) is 0.170. The number of rotatable bonds is 4. The predicted octanol–water partition coefficient (Wildman–Crippen LogP) is 12.9. The van der Waals surface area contributed by atoms with Crippen LogP contribution in [-0.2, 0) is 6.42 Å². The third-order valence-corrected chi connectivity index (χ3v) is 11.9. The SMILES string of the molecule is C1=C[C@@H]2C(CC1)c1cc(-c3ccc4c(c3)c3ccccc3n4-c3ccc(-c4ccccc4)cc3)ccc1N2C1=Cc2c(ccc3ccccc23)CC1. The zero-order valence-corrected chi connectivity index (χ0v) is 29.0. The molecule has 8 aromatic rings. The average Bonchev–Trinajstić information content (AvgIpc) is 3.73. The van der Waals surface area contributed by atoms with Gasteiger partial charge in [-0.15, -0.1) is 0 Å². The number of benzene rings is 7. The first-order valence-electron chi connectivity index (χ1n) is 18.8. The van der Waals surface area contributed by atoms with E-state index in [2.05, 4.69) is 179 Å². The number of para-hydroxylation sites is 1. The van der Waals surface area contributed by atoms with E-state index in [-0.39, 0.29) is 0 Å². The van der Waals surface area contributed by atoms with Gasteiger partial charge in [-0.05, 0) is 124 Å². The van der Waals surface area contributed by atoms with Crippen LogP contribution < -0.4 is 4.90 Å². The Labute approximate surface area is 304 Å². The molecule has 1 unspecified atom stereocenters. The van der Waals surface area contributed by atoms with Crippen molar-refractivity contribution in [3.05, 3.63) is 186 Å². The monoisotopic (exact) mass is 666 g/mol. The van der Waals surface area contributed by atoms with Gasteiger partial charge in [0.05, 0.1) is 17.1 Å². The highest BCUT2D eigenvalue weighted by atomic mass is 15.2. The number of fused-ring (bicyclic) bond motifs is 9. The first-order chi connectivity index (χ1) is 25.8. The van der Waals surface area contributed by atoms with E-state index in [4.69, 9.17) is 0 Å². The first kappa shape index (κ1) is 29.6. The molecule has 7 aromatic carbocycles. The van der Waals surface area contributed by atoms with Gasteiger partial charge in [0.15, 0.2) is 0 Å². The summed E-state index contributed by atoms with van der Waals surface area (Å²) in [7, 11) is 0. The van der Waals surface area contributed by atoms with Crippen LogP contribution in [0.15, 0.2) is 170 Å². The van der Waals surface area contributed by atoms with E-state index in [0.29, 0.717) is 12.0 Å². The van der Waals surface area contributed by atoms with Gasteiger partial charge in [-0.2, -0.15) is 0 Å². The number of nitrogens with zero attached hydrogens (tertiary/aromatic N) is 2. The molecule has 3 aliphatic rings. The second-order valence-electron chi connectivity index (χ2n) is 14.7.